The summed E-state index contributed by atoms with van der Waals surface area (Å²) in [6, 6.07) is 9.17. The topological polar surface area (TPSA) is 88.3 Å². The summed E-state index contributed by atoms with van der Waals surface area (Å²) in [6.07, 6.45) is 5.32. The molecule has 2 aliphatic rings. The number of amides is 2. The molecule has 30 heavy (non-hydrogen) atoms. The largest absolute Gasteiger partial charge is 0.425 e. The van der Waals surface area contributed by atoms with Crippen LogP contribution in [0, 0.1) is 18.3 Å². The highest BCUT2D eigenvalue weighted by Crippen LogP contribution is 2.40. The molecule has 1 saturated carbocycles. The van der Waals surface area contributed by atoms with E-state index in [4.69, 9.17) is 4.42 Å². The van der Waals surface area contributed by atoms with Gasteiger partial charge in [0.05, 0.1) is 5.92 Å². The molecule has 1 N–H and O–H groups in total. The van der Waals surface area contributed by atoms with Crippen LogP contribution in [-0.4, -0.2) is 46.5 Å². The minimum atomic E-state index is -0.282. The Morgan fingerprint density at radius 2 is 1.87 bits per heavy atom. The normalized spacial score (nSPS) is 23.3. The van der Waals surface area contributed by atoms with Crippen molar-refractivity contribution < 1.29 is 14.0 Å². The Balaban J connectivity index is 1.48. The van der Waals surface area contributed by atoms with Gasteiger partial charge in [-0.15, -0.1) is 10.2 Å². The number of benzene rings is 1. The van der Waals surface area contributed by atoms with Gasteiger partial charge in [-0.1, -0.05) is 44.4 Å². The first kappa shape index (κ1) is 20.6. The number of rotatable bonds is 5. The zero-order valence-corrected chi connectivity index (χ0v) is 17.8. The fourth-order valence-corrected chi connectivity index (χ4v) is 4.83. The second kappa shape index (κ2) is 8.58. The highest BCUT2D eigenvalue weighted by Gasteiger charge is 2.44. The van der Waals surface area contributed by atoms with Crippen LogP contribution < -0.4 is 5.32 Å². The van der Waals surface area contributed by atoms with Crippen molar-refractivity contribution in [3.8, 4) is 0 Å². The number of nitrogens with zero attached hydrogens (tertiary/aromatic N) is 3. The summed E-state index contributed by atoms with van der Waals surface area (Å²) in [5, 5.41) is 11.2. The molecule has 0 unspecified atom stereocenters. The molecule has 1 aromatic carbocycles. The van der Waals surface area contributed by atoms with Gasteiger partial charge in [0.2, 0.25) is 17.7 Å². The van der Waals surface area contributed by atoms with Gasteiger partial charge >= 0.3 is 0 Å². The summed E-state index contributed by atoms with van der Waals surface area (Å²) in [5.74, 6) is 1.14. The molecule has 7 nitrogen and oxygen atoms in total. The van der Waals surface area contributed by atoms with E-state index in [1.807, 2.05) is 23.1 Å². The quantitative estimate of drug-likeness (QED) is 0.817. The van der Waals surface area contributed by atoms with Gasteiger partial charge in [-0.25, -0.2) is 0 Å². The Labute approximate surface area is 177 Å². The second-order valence-corrected chi connectivity index (χ2v) is 8.93. The maximum atomic E-state index is 13.4. The number of hydrogen-bond donors (Lipinski definition) is 1. The molecule has 0 radical (unpaired) electrons. The van der Waals surface area contributed by atoms with Crippen LogP contribution >= 0.6 is 0 Å². The molecular weight excluding hydrogens is 380 g/mol. The predicted octanol–water partition coefficient (Wildman–Crippen LogP) is 3.32. The van der Waals surface area contributed by atoms with Crippen molar-refractivity contribution in [2.75, 3.05) is 19.6 Å². The van der Waals surface area contributed by atoms with E-state index in [0.717, 1.165) is 25.7 Å². The first-order valence-electron chi connectivity index (χ1n) is 10.9. The Kier molecular flexibility index (Phi) is 5.88. The number of nitrogens with one attached hydrogen (secondary N) is 1. The molecule has 2 fully saturated rings. The van der Waals surface area contributed by atoms with Crippen LogP contribution in [-0.2, 0) is 4.79 Å². The molecular formula is C23H30N4O3. The molecule has 2 heterocycles. The van der Waals surface area contributed by atoms with Crippen LogP contribution in [0.1, 0.15) is 67.1 Å². The first-order chi connectivity index (χ1) is 14.5. The van der Waals surface area contributed by atoms with Gasteiger partial charge in [0.1, 0.15) is 0 Å². The third kappa shape index (κ3) is 4.25. The van der Waals surface area contributed by atoms with Crippen LogP contribution in [0.5, 0.6) is 0 Å². The maximum absolute atomic E-state index is 13.4. The average molecular weight is 411 g/mol. The van der Waals surface area contributed by atoms with Crippen LogP contribution in [0.15, 0.2) is 34.7 Å². The lowest BCUT2D eigenvalue weighted by atomic mass is 9.74. The maximum Gasteiger partial charge on any atom is 0.251 e. The van der Waals surface area contributed by atoms with Crippen LogP contribution in [0.4, 0.5) is 0 Å². The summed E-state index contributed by atoms with van der Waals surface area (Å²) < 4.78 is 5.71. The molecule has 0 bridgehead atoms. The fourth-order valence-electron chi connectivity index (χ4n) is 4.83. The third-order valence-corrected chi connectivity index (χ3v) is 6.62. The van der Waals surface area contributed by atoms with Gasteiger partial charge < -0.3 is 14.6 Å². The van der Waals surface area contributed by atoms with E-state index in [9.17, 15) is 9.59 Å². The smallest absolute Gasteiger partial charge is 0.251 e. The number of hydrogen-bond acceptors (Lipinski definition) is 5. The van der Waals surface area contributed by atoms with E-state index >= 15 is 0 Å². The van der Waals surface area contributed by atoms with Crippen molar-refractivity contribution >= 4 is 11.8 Å². The van der Waals surface area contributed by atoms with Gasteiger partial charge in [-0.05, 0) is 25.0 Å². The fraction of sp³-hybridized carbons (Fsp3) is 0.565. The molecule has 1 aliphatic carbocycles. The highest BCUT2D eigenvalue weighted by atomic mass is 16.4. The number of carbonyl (C=O) groups is 2. The Hall–Kier alpha value is -2.70. The molecule has 0 spiro atoms. The van der Waals surface area contributed by atoms with Gasteiger partial charge in [0, 0.05) is 43.5 Å². The van der Waals surface area contributed by atoms with Gasteiger partial charge in [-0.2, -0.15) is 0 Å². The first-order valence-corrected chi connectivity index (χ1v) is 10.9. The summed E-state index contributed by atoms with van der Waals surface area (Å²) in [5.41, 5.74) is 0.346. The van der Waals surface area contributed by atoms with Crippen molar-refractivity contribution in [3.05, 3.63) is 47.7 Å². The monoisotopic (exact) mass is 410 g/mol. The minimum absolute atomic E-state index is 0.0358. The minimum Gasteiger partial charge on any atom is -0.425 e. The zero-order chi connectivity index (χ0) is 21.1. The Morgan fingerprint density at radius 1 is 1.13 bits per heavy atom. The average Bonchev–Trinajstić information content (AvgIpc) is 3.38. The predicted molar refractivity (Wildman–Crippen MR) is 112 cm³/mol. The molecule has 2 aromatic rings. The van der Waals surface area contributed by atoms with Gasteiger partial charge in [0.15, 0.2) is 0 Å². The third-order valence-electron chi connectivity index (χ3n) is 6.62. The molecule has 160 valence electrons. The molecule has 7 heteroatoms. The summed E-state index contributed by atoms with van der Waals surface area (Å²) in [6.45, 7) is 5.48. The molecule has 1 saturated heterocycles. The summed E-state index contributed by atoms with van der Waals surface area (Å²) >= 11 is 0. The lowest BCUT2D eigenvalue weighted by Gasteiger charge is -2.35. The van der Waals surface area contributed by atoms with E-state index in [0.29, 0.717) is 37.0 Å². The van der Waals surface area contributed by atoms with Crippen molar-refractivity contribution in [1.82, 2.24) is 20.4 Å². The van der Waals surface area contributed by atoms with E-state index in [1.54, 1.807) is 19.1 Å². The van der Waals surface area contributed by atoms with E-state index in [1.165, 1.54) is 6.42 Å². The van der Waals surface area contributed by atoms with Crippen molar-refractivity contribution in [2.45, 2.75) is 51.9 Å². The van der Waals surface area contributed by atoms with E-state index < -0.39 is 0 Å². The summed E-state index contributed by atoms with van der Waals surface area (Å²) in [7, 11) is 0. The number of aryl methyl sites for hydroxylation is 1. The second-order valence-electron chi connectivity index (χ2n) is 8.93. The zero-order valence-electron chi connectivity index (χ0n) is 17.8. The lowest BCUT2D eigenvalue weighted by molar-refractivity contribution is -0.142. The molecule has 1 aliphatic heterocycles. The molecule has 4 rings (SSSR count). The van der Waals surface area contributed by atoms with Crippen LogP contribution in [0.2, 0.25) is 0 Å². The highest BCUT2D eigenvalue weighted by molar-refractivity contribution is 5.94. The van der Waals surface area contributed by atoms with Crippen LogP contribution in [0.3, 0.4) is 0 Å². The number of likely N-dealkylation sites (tertiary alicyclic amines) is 1. The molecule has 2 atom stereocenters. The molecule has 2 amide bonds. The number of carbonyl (C=O) groups excluding carboxylic acids is 2. The van der Waals surface area contributed by atoms with Gasteiger partial charge in [0.25, 0.3) is 5.91 Å². The lowest BCUT2D eigenvalue weighted by Crippen LogP contribution is -2.43. The molecule has 1 aromatic heterocycles. The SMILES string of the molecule is Cc1nnc([C@H]2CN(C(=O)C3(C)CCCCC3)C[C@@H]2CNC(=O)c2ccccc2)o1. The van der Waals surface area contributed by atoms with E-state index in [-0.39, 0.29) is 29.1 Å². The Morgan fingerprint density at radius 3 is 2.53 bits per heavy atom. The van der Waals surface area contributed by atoms with Crippen molar-refractivity contribution in [2.24, 2.45) is 11.3 Å². The summed E-state index contributed by atoms with van der Waals surface area (Å²) in [4.78, 5) is 27.9. The standard InChI is InChI=1S/C23H30N4O3/c1-16-25-26-21(30-16)19-15-27(22(29)23(2)11-7-4-8-12-23)14-18(19)13-24-20(28)17-9-5-3-6-10-17/h3,5-6,9-10,18-19H,4,7-8,11-15H2,1-2H3,(H,24,28)/t18-,19-/m0/s1. The van der Waals surface area contributed by atoms with Crippen molar-refractivity contribution in [3.63, 3.8) is 0 Å². The van der Waals surface area contributed by atoms with Crippen LogP contribution in [0.25, 0.3) is 0 Å². The Bertz CT molecular complexity index is 889. The van der Waals surface area contributed by atoms with E-state index in [2.05, 4.69) is 22.4 Å². The van der Waals surface area contributed by atoms with Crippen molar-refractivity contribution in [1.29, 1.82) is 0 Å². The van der Waals surface area contributed by atoms with Gasteiger partial charge in [-0.3, -0.25) is 9.59 Å². The number of aromatic nitrogens is 2.